The van der Waals surface area contributed by atoms with E-state index in [-0.39, 0.29) is 0 Å². The summed E-state index contributed by atoms with van der Waals surface area (Å²) in [5, 5.41) is 4.77. The molecule has 162 valence electrons. The summed E-state index contributed by atoms with van der Waals surface area (Å²) in [4.78, 5) is 1.26. The maximum absolute atomic E-state index is 4.77. The van der Waals surface area contributed by atoms with Crippen LogP contribution in [0.5, 0.6) is 0 Å². The summed E-state index contributed by atoms with van der Waals surface area (Å²) in [5.74, 6) is 0. The van der Waals surface area contributed by atoms with Crippen LogP contribution in [-0.4, -0.2) is 16.0 Å². The summed E-state index contributed by atoms with van der Waals surface area (Å²) in [6.07, 6.45) is 6.00. The first-order chi connectivity index (χ1) is 16.2. The van der Waals surface area contributed by atoms with Gasteiger partial charge in [-0.15, -0.1) is 11.8 Å². The maximum Gasteiger partial charge on any atom is 0.138 e. The number of aromatic nitrogens is 2. The Labute approximate surface area is 207 Å². The summed E-state index contributed by atoms with van der Waals surface area (Å²) in [5.41, 5.74) is 5.19. The van der Waals surface area contributed by atoms with Crippen molar-refractivity contribution in [2.45, 2.75) is 10.4 Å². The molecule has 2 nitrogen and oxygen atoms in total. The average molecular weight is 511 g/mol. The zero-order valence-electron chi connectivity index (χ0n) is 18.2. The molecule has 0 spiro atoms. The van der Waals surface area contributed by atoms with E-state index >= 15 is 0 Å². The number of thioether (sulfide) groups is 1. The van der Waals surface area contributed by atoms with E-state index in [1.807, 2.05) is 12.3 Å². The predicted molar refractivity (Wildman–Crippen MR) is 142 cm³/mol. The molecule has 1 heterocycles. The Bertz CT molecular complexity index is 1290. The quantitative estimate of drug-likeness (QED) is 0.171. The third-order valence-electron chi connectivity index (χ3n) is 6.02. The Kier molecular flexibility index (Phi) is 6.21. The van der Waals surface area contributed by atoms with E-state index in [1.165, 1.54) is 10.5 Å². The molecule has 0 radical (unpaired) electrons. The van der Waals surface area contributed by atoms with Crippen LogP contribution in [0.15, 0.2) is 131 Å². The second-order valence-electron chi connectivity index (χ2n) is 7.82. The van der Waals surface area contributed by atoms with Gasteiger partial charge in [0.2, 0.25) is 0 Å². The lowest BCUT2D eigenvalue weighted by Gasteiger charge is -2.36. The highest BCUT2D eigenvalue weighted by Gasteiger charge is 2.39. The summed E-state index contributed by atoms with van der Waals surface area (Å²) >= 11 is 5.56. The molecule has 4 heteroatoms. The molecule has 1 aromatic heterocycles. The lowest BCUT2D eigenvalue weighted by molar-refractivity contribution is 0.460. The van der Waals surface area contributed by atoms with Crippen LogP contribution < -0.4 is 0 Å². The Morgan fingerprint density at radius 3 is 1.91 bits per heavy atom. The van der Waals surface area contributed by atoms with Crippen LogP contribution in [0.4, 0.5) is 0 Å². The van der Waals surface area contributed by atoms with Gasteiger partial charge in [-0.3, -0.25) is 4.68 Å². The van der Waals surface area contributed by atoms with E-state index in [0.29, 0.717) is 0 Å². The van der Waals surface area contributed by atoms with Gasteiger partial charge in [-0.25, -0.2) is 0 Å². The zero-order valence-corrected chi connectivity index (χ0v) is 20.6. The first-order valence-electron chi connectivity index (χ1n) is 10.8. The third kappa shape index (κ3) is 3.94. The lowest BCUT2D eigenvalue weighted by Crippen LogP contribution is -2.38. The molecule has 4 aromatic carbocycles. The van der Waals surface area contributed by atoms with Crippen molar-refractivity contribution in [2.24, 2.45) is 0 Å². The molecule has 0 unspecified atom stereocenters. The highest BCUT2D eigenvalue weighted by molar-refractivity contribution is 9.10. The molecule has 0 aliphatic carbocycles. The van der Waals surface area contributed by atoms with Gasteiger partial charge in [-0.05, 0) is 64.4 Å². The third-order valence-corrected chi connectivity index (χ3v) is 7.45. The Balaban J connectivity index is 1.81. The second-order valence-corrected chi connectivity index (χ2v) is 9.55. The Morgan fingerprint density at radius 1 is 0.727 bits per heavy atom. The van der Waals surface area contributed by atoms with Crippen molar-refractivity contribution in [1.29, 1.82) is 0 Å². The van der Waals surface area contributed by atoms with Crippen LogP contribution in [-0.2, 0) is 5.54 Å². The van der Waals surface area contributed by atoms with Crippen LogP contribution in [0.2, 0.25) is 0 Å². The molecule has 0 aliphatic rings. The molecule has 0 aliphatic heterocycles. The van der Waals surface area contributed by atoms with Gasteiger partial charge >= 0.3 is 0 Å². The SMILES string of the molecule is CSc1ccc(-c2cc(C(c3ccccc3)(c3ccccc3)n3cccn3)ccc2Br)cc1. The maximum atomic E-state index is 4.77. The van der Waals surface area contributed by atoms with Crippen molar-refractivity contribution in [3.05, 3.63) is 143 Å². The summed E-state index contributed by atoms with van der Waals surface area (Å²) in [7, 11) is 0. The zero-order chi connectivity index (χ0) is 22.7. The first-order valence-corrected chi connectivity index (χ1v) is 12.8. The van der Waals surface area contributed by atoms with Crippen LogP contribution in [0.25, 0.3) is 11.1 Å². The van der Waals surface area contributed by atoms with Gasteiger partial charge < -0.3 is 0 Å². The average Bonchev–Trinajstić information content (AvgIpc) is 3.42. The molecule has 5 aromatic rings. The molecular formula is C29H23BrN2S. The molecule has 33 heavy (non-hydrogen) atoms. The van der Waals surface area contributed by atoms with E-state index in [4.69, 9.17) is 5.10 Å². The van der Waals surface area contributed by atoms with Gasteiger partial charge in [0.05, 0.1) is 0 Å². The van der Waals surface area contributed by atoms with Gasteiger partial charge in [0, 0.05) is 21.8 Å². The molecule has 0 saturated heterocycles. The molecule has 0 amide bonds. The highest BCUT2D eigenvalue weighted by atomic mass is 79.9. The number of hydrogen-bond acceptors (Lipinski definition) is 2. The molecule has 0 saturated carbocycles. The molecule has 0 atom stereocenters. The minimum absolute atomic E-state index is 0.610. The standard InChI is InChI=1S/C29H23BrN2S/c1-33-26-16-13-22(14-17-26)27-21-25(15-18-28(27)30)29(32-20-8-19-31-32,23-9-4-2-5-10-23)24-11-6-3-7-12-24/h2-21H,1H3. The van der Waals surface area contributed by atoms with Crippen LogP contribution in [0.1, 0.15) is 16.7 Å². The van der Waals surface area contributed by atoms with Gasteiger partial charge in [-0.1, -0.05) is 94.8 Å². The van der Waals surface area contributed by atoms with E-state index in [9.17, 15) is 0 Å². The van der Waals surface area contributed by atoms with Gasteiger partial charge in [0.15, 0.2) is 0 Å². The second kappa shape index (κ2) is 9.42. The molecule has 0 N–H and O–H groups in total. The fourth-order valence-electron chi connectivity index (χ4n) is 4.46. The summed E-state index contributed by atoms with van der Waals surface area (Å²) in [6, 6.07) is 38.6. The van der Waals surface area contributed by atoms with E-state index < -0.39 is 5.54 Å². The van der Waals surface area contributed by atoms with Gasteiger partial charge in [-0.2, -0.15) is 5.10 Å². The van der Waals surface area contributed by atoms with E-state index in [1.54, 1.807) is 11.8 Å². The lowest BCUT2D eigenvalue weighted by atomic mass is 9.76. The smallest absolute Gasteiger partial charge is 0.138 e. The highest BCUT2D eigenvalue weighted by Crippen LogP contribution is 2.43. The number of benzene rings is 4. The van der Waals surface area contributed by atoms with Crippen LogP contribution >= 0.6 is 27.7 Å². The van der Waals surface area contributed by atoms with Crippen molar-refractivity contribution in [3.63, 3.8) is 0 Å². The van der Waals surface area contributed by atoms with E-state index in [0.717, 1.165) is 26.7 Å². The first kappa shape index (κ1) is 21.7. The van der Waals surface area contributed by atoms with Crippen molar-refractivity contribution in [3.8, 4) is 11.1 Å². The minimum Gasteiger partial charge on any atom is -0.253 e. The van der Waals surface area contributed by atoms with Crippen molar-refractivity contribution in [1.82, 2.24) is 9.78 Å². The number of rotatable bonds is 6. The van der Waals surface area contributed by atoms with Crippen molar-refractivity contribution in [2.75, 3.05) is 6.26 Å². The Hall–Kier alpha value is -3.08. The minimum atomic E-state index is -0.610. The molecule has 0 bridgehead atoms. The van der Waals surface area contributed by atoms with Crippen molar-refractivity contribution >= 4 is 27.7 Å². The van der Waals surface area contributed by atoms with Crippen LogP contribution in [0.3, 0.4) is 0 Å². The van der Waals surface area contributed by atoms with Gasteiger partial charge in [0.1, 0.15) is 5.54 Å². The Morgan fingerprint density at radius 2 is 1.36 bits per heavy atom. The topological polar surface area (TPSA) is 17.8 Å². The molecular weight excluding hydrogens is 488 g/mol. The largest absolute Gasteiger partial charge is 0.253 e. The molecule has 0 fully saturated rings. The van der Waals surface area contributed by atoms with E-state index in [2.05, 4.69) is 136 Å². The summed E-state index contributed by atoms with van der Waals surface area (Å²) < 4.78 is 3.14. The summed E-state index contributed by atoms with van der Waals surface area (Å²) in [6.45, 7) is 0. The number of halogens is 1. The fourth-order valence-corrected chi connectivity index (χ4v) is 5.35. The van der Waals surface area contributed by atoms with Crippen molar-refractivity contribution < 1.29 is 0 Å². The fraction of sp³-hybridized carbons (Fsp3) is 0.0690. The van der Waals surface area contributed by atoms with Crippen LogP contribution in [0, 0.1) is 0 Å². The molecule has 5 rings (SSSR count). The number of hydrogen-bond donors (Lipinski definition) is 0. The normalized spacial score (nSPS) is 11.5. The predicted octanol–water partition coefficient (Wildman–Crippen LogP) is 7.87. The number of nitrogens with zero attached hydrogens (tertiary/aromatic N) is 2. The monoisotopic (exact) mass is 510 g/mol. The van der Waals surface area contributed by atoms with Gasteiger partial charge in [0.25, 0.3) is 0 Å².